The minimum Gasteiger partial charge on any atom is -0.299 e. The Balaban J connectivity index is 1.73. The highest BCUT2D eigenvalue weighted by molar-refractivity contribution is 5.85. The predicted octanol–water partition coefficient (Wildman–Crippen LogP) is 4.77. The van der Waals surface area contributed by atoms with E-state index in [1.165, 1.54) is 5.56 Å². The number of carbonyl (C=O) groups is 1. The first-order chi connectivity index (χ1) is 9.77. The lowest BCUT2D eigenvalue weighted by molar-refractivity contribution is -0.120. The normalized spacial score (nSPS) is 12.1. The topological polar surface area (TPSA) is 17.1 Å². The molecule has 1 unspecified atom stereocenters. The van der Waals surface area contributed by atoms with E-state index in [0.717, 1.165) is 24.8 Å². The van der Waals surface area contributed by atoms with Crippen LogP contribution in [0.1, 0.15) is 43.2 Å². The highest BCUT2D eigenvalue weighted by Gasteiger charge is 2.13. The number of ketones is 1. The van der Waals surface area contributed by atoms with Crippen molar-refractivity contribution in [2.75, 3.05) is 0 Å². The summed E-state index contributed by atoms with van der Waals surface area (Å²) in [6, 6.07) is 20.5. The van der Waals surface area contributed by atoms with Crippen LogP contribution in [-0.2, 0) is 11.2 Å². The van der Waals surface area contributed by atoms with Crippen molar-refractivity contribution < 1.29 is 4.79 Å². The van der Waals surface area contributed by atoms with Crippen LogP contribution >= 0.6 is 0 Å². The van der Waals surface area contributed by atoms with Gasteiger partial charge in [-0.1, -0.05) is 67.6 Å². The van der Waals surface area contributed by atoms with Crippen molar-refractivity contribution >= 4 is 5.78 Å². The largest absolute Gasteiger partial charge is 0.299 e. The number of Topliss-reactive ketones (excluding diaryl/α,β-unsaturated/α-hetero) is 1. The van der Waals surface area contributed by atoms with Crippen LogP contribution in [-0.4, -0.2) is 5.78 Å². The second-order valence-electron chi connectivity index (χ2n) is 5.29. The van der Waals surface area contributed by atoms with Crippen LogP contribution in [0.15, 0.2) is 60.7 Å². The van der Waals surface area contributed by atoms with E-state index in [0.29, 0.717) is 12.2 Å². The van der Waals surface area contributed by atoms with Crippen molar-refractivity contribution in [1.82, 2.24) is 0 Å². The molecule has 0 bridgehead atoms. The zero-order valence-corrected chi connectivity index (χ0v) is 12.1. The zero-order chi connectivity index (χ0) is 14.2. The number of benzene rings is 2. The lowest BCUT2D eigenvalue weighted by Crippen LogP contribution is -2.08. The maximum atomic E-state index is 12.2. The predicted molar refractivity (Wildman–Crippen MR) is 83.9 cm³/mol. The standard InChI is InChI=1S/C19H22O/c1-16(18-13-6-3-7-14-18)19(20)15-9-8-12-17-10-4-2-5-11-17/h2-7,10-11,13-14,16H,8-9,12,15H2,1H3. The highest BCUT2D eigenvalue weighted by Crippen LogP contribution is 2.18. The molecule has 0 aromatic heterocycles. The summed E-state index contributed by atoms with van der Waals surface area (Å²) in [6.45, 7) is 2.01. The SMILES string of the molecule is CC(C(=O)CCCCc1ccccc1)c1ccccc1. The molecule has 0 fully saturated rings. The van der Waals surface area contributed by atoms with Crippen molar-refractivity contribution in [2.45, 2.75) is 38.5 Å². The third-order valence-corrected chi connectivity index (χ3v) is 3.76. The number of aryl methyl sites for hydroxylation is 1. The lowest BCUT2D eigenvalue weighted by atomic mass is 9.93. The molecule has 104 valence electrons. The minimum absolute atomic E-state index is 0.0212. The van der Waals surface area contributed by atoms with Crippen molar-refractivity contribution in [3.05, 3.63) is 71.8 Å². The molecule has 1 heteroatoms. The summed E-state index contributed by atoms with van der Waals surface area (Å²) in [5.74, 6) is 0.372. The summed E-state index contributed by atoms with van der Waals surface area (Å²) in [5.41, 5.74) is 2.48. The molecule has 2 rings (SSSR count). The molecule has 1 nitrogen and oxygen atoms in total. The van der Waals surface area contributed by atoms with Crippen LogP contribution in [0.4, 0.5) is 0 Å². The van der Waals surface area contributed by atoms with Crippen LogP contribution in [0.2, 0.25) is 0 Å². The third-order valence-electron chi connectivity index (χ3n) is 3.76. The molecule has 2 aromatic carbocycles. The van der Waals surface area contributed by atoms with Crippen LogP contribution in [0.5, 0.6) is 0 Å². The average molecular weight is 266 g/mol. The van der Waals surface area contributed by atoms with Gasteiger partial charge in [0, 0.05) is 12.3 Å². The fourth-order valence-corrected chi connectivity index (χ4v) is 2.42. The summed E-state index contributed by atoms with van der Waals surface area (Å²) in [5, 5.41) is 0. The molecule has 0 aliphatic rings. The Bertz CT molecular complexity index is 516. The molecule has 0 radical (unpaired) electrons. The summed E-state index contributed by atoms with van der Waals surface area (Å²) in [7, 11) is 0. The molecule has 1 atom stereocenters. The number of carbonyl (C=O) groups excluding carboxylic acids is 1. The van der Waals surface area contributed by atoms with Gasteiger partial charge in [0.15, 0.2) is 0 Å². The maximum absolute atomic E-state index is 12.2. The molecule has 2 aromatic rings. The summed E-state index contributed by atoms with van der Waals surface area (Å²) < 4.78 is 0. The molecule has 0 amide bonds. The summed E-state index contributed by atoms with van der Waals surface area (Å²) >= 11 is 0. The Hall–Kier alpha value is -1.89. The van der Waals surface area contributed by atoms with Gasteiger partial charge < -0.3 is 0 Å². The van der Waals surface area contributed by atoms with Gasteiger partial charge in [0.05, 0.1) is 0 Å². The van der Waals surface area contributed by atoms with Crippen molar-refractivity contribution in [1.29, 1.82) is 0 Å². The Morgan fingerprint density at radius 3 is 2.15 bits per heavy atom. The Morgan fingerprint density at radius 2 is 1.50 bits per heavy atom. The monoisotopic (exact) mass is 266 g/mol. The van der Waals surface area contributed by atoms with Crippen LogP contribution in [0.3, 0.4) is 0 Å². The van der Waals surface area contributed by atoms with Gasteiger partial charge in [0.1, 0.15) is 5.78 Å². The zero-order valence-electron chi connectivity index (χ0n) is 12.1. The van der Waals surface area contributed by atoms with E-state index in [4.69, 9.17) is 0 Å². The van der Waals surface area contributed by atoms with E-state index in [1.54, 1.807) is 0 Å². The van der Waals surface area contributed by atoms with Gasteiger partial charge in [-0.2, -0.15) is 0 Å². The van der Waals surface area contributed by atoms with Gasteiger partial charge in [-0.3, -0.25) is 4.79 Å². The molecule has 0 aliphatic heterocycles. The van der Waals surface area contributed by atoms with Crippen molar-refractivity contribution in [3.63, 3.8) is 0 Å². The molecular formula is C19H22O. The smallest absolute Gasteiger partial charge is 0.140 e. The fourth-order valence-electron chi connectivity index (χ4n) is 2.42. The van der Waals surface area contributed by atoms with Crippen LogP contribution < -0.4 is 0 Å². The molecule has 0 saturated carbocycles. The first kappa shape index (κ1) is 14.5. The van der Waals surface area contributed by atoms with E-state index >= 15 is 0 Å². The van der Waals surface area contributed by atoms with E-state index < -0.39 is 0 Å². The van der Waals surface area contributed by atoms with Gasteiger partial charge in [-0.15, -0.1) is 0 Å². The molecule has 0 heterocycles. The quantitative estimate of drug-likeness (QED) is 0.660. The molecule has 0 spiro atoms. The van der Waals surface area contributed by atoms with Gasteiger partial charge in [-0.05, 0) is 30.4 Å². The van der Waals surface area contributed by atoms with Crippen molar-refractivity contribution in [2.24, 2.45) is 0 Å². The van der Waals surface area contributed by atoms with Gasteiger partial charge in [0.2, 0.25) is 0 Å². The molecular weight excluding hydrogens is 244 g/mol. The number of rotatable bonds is 7. The first-order valence-electron chi connectivity index (χ1n) is 7.39. The average Bonchev–Trinajstić information content (AvgIpc) is 2.52. The number of unbranched alkanes of at least 4 members (excludes halogenated alkanes) is 1. The van der Waals surface area contributed by atoms with Gasteiger partial charge in [-0.25, -0.2) is 0 Å². The first-order valence-corrected chi connectivity index (χ1v) is 7.39. The van der Waals surface area contributed by atoms with E-state index in [1.807, 2.05) is 43.3 Å². The molecule has 0 aliphatic carbocycles. The summed E-state index contributed by atoms with van der Waals surface area (Å²) in [4.78, 5) is 12.2. The number of hydrogen-bond acceptors (Lipinski definition) is 1. The third kappa shape index (κ3) is 4.34. The second kappa shape index (κ2) is 7.64. The summed E-state index contributed by atoms with van der Waals surface area (Å²) in [6.07, 6.45) is 3.80. The maximum Gasteiger partial charge on any atom is 0.140 e. The van der Waals surface area contributed by atoms with E-state index in [2.05, 4.69) is 24.3 Å². The molecule has 0 saturated heterocycles. The Morgan fingerprint density at radius 1 is 0.900 bits per heavy atom. The molecule has 20 heavy (non-hydrogen) atoms. The van der Waals surface area contributed by atoms with Crippen LogP contribution in [0, 0.1) is 0 Å². The second-order valence-corrected chi connectivity index (χ2v) is 5.29. The lowest BCUT2D eigenvalue weighted by Gasteiger charge is -2.10. The van der Waals surface area contributed by atoms with Gasteiger partial charge >= 0.3 is 0 Å². The van der Waals surface area contributed by atoms with E-state index in [9.17, 15) is 4.79 Å². The van der Waals surface area contributed by atoms with Crippen molar-refractivity contribution in [3.8, 4) is 0 Å². The Kier molecular flexibility index (Phi) is 5.55. The van der Waals surface area contributed by atoms with Crippen LogP contribution in [0.25, 0.3) is 0 Å². The van der Waals surface area contributed by atoms with Gasteiger partial charge in [0.25, 0.3) is 0 Å². The number of hydrogen-bond donors (Lipinski definition) is 0. The fraction of sp³-hybridized carbons (Fsp3) is 0.316. The Labute approximate surface area is 121 Å². The highest BCUT2D eigenvalue weighted by atomic mass is 16.1. The minimum atomic E-state index is 0.0212. The molecule has 0 N–H and O–H groups in total. The van der Waals surface area contributed by atoms with E-state index in [-0.39, 0.29) is 5.92 Å².